The summed E-state index contributed by atoms with van der Waals surface area (Å²) in [6.45, 7) is 0. The van der Waals surface area contributed by atoms with E-state index in [1.165, 1.54) is 14.5 Å². The normalized spacial score (nSPS) is 10.5. The van der Waals surface area contributed by atoms with E-state index in [1.54, 1.807) is 0 Å². The largest absolute Gasteiger partial charge is 0.248 e. The van der Waals surface area contributed by atoms with Crippen LogP contribution in [-0.2, 0) is 7.05 Å². The summed E-state index contributed by atoms with van der Waals surface area (Å²) in [4.78, 5) is 0. The van der Waals surface area contributed by atoms with Gasteiger partial charge in [0.1, 0.15) is 7.05 Å². The number of aromatic nitrogens is 1. The number of hydrogen-bond acceptors (Lipinski definition) is 0. The maximum absolute atomic E-state index is 2.37. The van der Waals surface area contributed by atoms with E-state index in [9.17, 15) is 0 Å². The first kappa shape index (κ1) is 7.98. The van der Waals surface area contributed by atoms with E-state index in [0.717, 1.165) is 0 Å². The van der Waals surface area contributed by atoms with E-state index >= 15 is 0 Å². The summed E-state index contributed by atoms with van der Waals surface area (Å²) in [5.41, 5.74) is 0. The lowest BCUT2D eigenvalue weighted by molar-refractivity contribution is -0.682. The third-order valence-electron chi connectivity index (χ3n) is 1.97. The fourth-order valence-corrected chi connectivity index (χ4v) is 1.93. The van der Waals surface area contributed by atoms with Crippen molar-refractivity contribution in [3.8, 4) is 0 Å². The van der Waals surface area contributed by atoms with Crippen LogP contribution in [0.4, 0.5) is 0 Å². The molecule has 0 fully saturated rings. The predicted molar refractivity (Wildman–Crippen MR) is 57.8 cm³/mol. The van der Waals surface area contributed by atoms with Gasteiger partial charge in [0.15, 0.2) is 6.20 Å². The summed E-state index contributed by atoms with van der Waals surface area (Å²) in [5, 5.41) is 2.63. The lowest BCUT2D eigenvalue weighted by Crippen LogP contribution is -2.31. The van der Waals surface area contributed by atoms with Gasteiger partial charge in [-0.15, -0.1) is 0 Å². The topological polar surface area (TPSA) is 3.88 Å². The molecule has 0 unspecified atom stereocenters. The highest BCUT2D eigenvalue weighted by Crippen LogP contribution is 2.15. The molecule has 0 atom stereocenters. The number of aryl methyl sites for hydroxylation is 1. The Bertz CT molecular complexity index is 423. The molecule has 0 spiro atoms. The van der Waals surface area contributed by atoms with Gasteiger partial charge in [0.25, 0.3) is 0 Å². The van der Waals surface area contributed by atoms with Crippen LogP contribution in [0.1, 0.15) is 0 Å². The highest BCUT2D eigenvalue weighted by molar-refractivity contribution is 14.1. The summed E-state index contributed by atoms with van der Waals surface area (Å²) in [6.07, 6.45) is 2.09. The van der Waals surface area contributed by atoms with Crippen molar-refractivity contribution in [1.29, 1.82) is 0 Å². The fourth-order valence-electron chi connectivity index (χ4n) is 1.28. The first-order valence-electron chi connectivity index (χ1n) is 3.82. The molecule has 0 amide bonds. The van der Waals surface area contributed by atoms with Crippen molar-refractivity contribution in [3.63, 3.8) is 0 Å². The number of hydrogen-bond donors (Lipinski definition) is 0. The lowest BCUT2D eigenvalue weighted by atomic mass is 10.2. The van der Waals surface area contributed by atoms with Crippen LogP contribution in [0, 0.1) is 3.70 Å². The zero-order chi connectivity index (χ0) is 8.55. The van der Waals surface area contributed by atoms with Gasteiger partial charge < -0.3 is 0 Å². The summed E-state index contributed by atoms with van der Waals surface area (Å²) in [7, 11) is 2.06. The maximum atomic E-state index is 2.37. The third kappa shape index (κ3) is 1.20. The molecule has 0 N–H and O–H groups in total. The van der Waals surface area contributed by atoms with Crippen LogP contribution >= 0.6 is 22.6 Å². The second-order valence-electron chi connectivity index (χ2n) is 2.80. The molecule has 60 valence electrons. The molecule has 0 saturated carbocycles. The molecule has 1 aromatic heterocycles. The minimum atomic E-state index is 1.28. The molecular weight excluding hydrogens is 261 g/mol. The molecule has 0 saturated heterocycles. The van der Waals surface area contributed by atoms with Crippen LogP contribution < -0.4 is 4.57 Å². The van der Waals surface area contributed by atoms with Crippen molar-refractivity contribution >= 4 is 33.4 Å². The van der Waals surface area contributed by atoms with Gasteiger partial charge in [0.05, 0.1) is 5.39 Å². The molecule has 12 heavy (non-hydrogen) atoms. The second kappa shape index (κ2) is 3.01. The summed E-state index contributed by atoms with van der Waals surface area (Å²) in [5.74, 6) is 0. The predicted octanol–water partition coefficient (Wildman–Crippen LogP) is 2.27. The van der Waals surface area contributed by atoms with E-state index in [0.29, 0.717) is 0 Å². The van der Waals surface area contributed by atoms with Crippen molar-refractivity contribution in [2.24, 2.45) is 7.05 Å². The van der Waals surface area contributed by atoms with Crippen LogP contribution in [0.3, 0.4) is 0 Å². The zero-order valence-corrected chi connectivity index (χ0v) is 8.95. The number of halogens is 1. The van der Waals surface area contributed by atoms with E-state index in [1.807, 2.05) is 0 Å². The Balaban J connectivity index is 2.91. The van der Waals surface area contributed by atoms with Crippen molar-refractivity contribution in [2.75, 3.05) is 0 Å². The number of pyridine rings is 1. The highest BCUT2D eigenvalue weighted by atomic mass is 127. The minimum Gasteiger partial charge on any atom is -0.196 e. The monoisotopic (exact) mass is 270 g/mol. The van der Waals surface area contributed by atoms with Crippen LogP contribution in [0.15, 0.2) is 36.5 Å². The van der Waals surface area contributed by atoms with Crippen molar-refractivity contribution in [2.45, 2.75) is 0 Å². The molecule has 0 aliphatic heterocycles. The average Bonchev–Trinajstić information content (AvgIpc) is 2.12. The van der Waals surface area contributed by atoms with E-state index in [2.05, 4.69) is 70.7 Å². The van der Waals surface area contributed by atoms with E-state index in [4.69, 9.17) is 0 Å². The van der Waals surface area contributed by atoms with Gasteiger partial charge in [-0.05, 0) is 11.5 Å². The Labute approximate surface area is 85.2 Å². The van der Waals surface area contributed by atoms with Gasteiger partial charge in [-0.25, -0.2) is 0 Å². The fraction of sp³-hybridized carbons (Fsp3) is 0.100. The van der Waals surface area contributed by atoms with Crippen molar-refractivity contribution in [1.82, 2.24) is 0 Å². The van der Waals surface area contributed by atoms with E-state index < -0.39 is 0 Å². The molecule has 2 heteroatoms. The van der Waals surface area contributed by atoms with Crippen LogP contribution in [0.25, 0.3) is 10.8 Å². The molecule has 0 radical (unpaired) electrons. The second-order valence-corrected chi connectivity index (χ2v) is 3.83. The molecule has 0 aliphatic rings. The van der Waals surface area contributed by atoms with Crippen LogP contribution in [-0.4, -0.2) is 0 Å². The van der Waals surface area contributed by atoms with Crippen LogP contribution in [0.2, 0.25) is 0 Å². The average molecular weight is 270 g/mol. The Morgan fingerprint density at radius 3 is 2.75 bits per heavy atom. The SMILES string of the molecule is C[n+]1ccc2ccccc2c1I. The van der Waals surface area contributed by atoms with Crippen molar-refractivity contribution in [3.05, 3.63) is 40.2 Å². The van der Waals surface area contributed by atoms with Gasteiger partial charge in [0.2, 0.25) is 3.70 Å². The van der Waals surface area contributed by atoms with Crippen LogP contribution in [0.5, 0.6) is 0 Å². The molecule has 1 nitrogen and oxygen atoms in total. The Hall–Kier alpha value is -0.640. The quantitative estimate of drug-likeness (QED) is 0.393. The Morgan fingerprint density at radius 2 is 1.92 bits per heavy atom. The minimum absolute atomic E-state index is 1.28. The Kier molecular flexibility index (Phi) is 2.00. The molecule has 0 aliphatic carbocycles. The smallest absolute Gasteiger partial charge is 0.196 e. The van der Waals surface area contributed by atoms with Gasteiger partial charge in [0, 0.05) is 28.7 Å². The number of rotatable bonds is 0. The third-order valence-corrected chi connectivity index (χ3v) is 3.31. The van der Waals surface area contributed by atoms with E-state index in [-0.39, 0.29) is 0 Å². The molecule has 2 aromatic rings. The molecule has 1 aromatic carbocycles. The Morgan fingerprint density at radius 1 is 1.17 bits per heavy atom. The number of benzene rings is 1. The van der Waals surface area contributed by atoms with Gasteiger partial charge in [-0.2, -0.15) is 4.57 Å². The highest BCUT2D eigenvalue weighted by Gasteiger charge is 2.06. The first-order chi connectivity index (χ1) is 5.79. The molecular formula is C10H9IN+. The van der Waals surface area contributed by atoms with Gasteiger partial charge >= 0.3 is 0 Å². The van der Waals surface area contributed by atoms with Gasteiger partial charge in [-0.1, -0.05) is 18.2 Å². The maximum Gasteiger partial charge on any atom is 0.248 e. The summed E-state index contributed by atoms with van der Waals surface area (Å²) in [6, 6.07) is 10.6. The molecule has 0 bridgehead atoms. The number of nitrogens with zero attached hydrogens (tertiary/aromatic N) is 1. The number of fused-ring (bicyclic) bond motifs is 1. The molecule has 1 heterocycles. The standard InChI is InChI=1S/C10H9IN/c1-12-7-6-8-4-2-3-5-9(8)10(12)11/h2-7H,1H3/q+1. The van der Waals surface area contributed by atoms with Crippen molar-refractivity contribution < 1.29 is 4.57 Å². The van der Waals surface area contributed by atoms with Gasteiger partial charge in [-0.3, -0.25) is 0 Å². The summed E-state index contributed by atoms with van der Waals surface area (Å²) < 4.78 is 3.41. The first-order valence-corrected chi connectivity index (χ1v) is 4.90. The molecule has 2 rings (SSSR count). The lowest BCUT2D eigenvalue weighted by Gasteiger charge is -1.97. The zero-order valence-electron chi connectivity index (χ0n) is 6.79. The summed E-state index contributed by atoms with van der Waals surface area (Å²) >= 11 is 2.37.